The maximum Gasteiger partial charge on any atom is 0.417 e. The molecule has 0 saturated carbocycles. The number of carbonyl (C=O) groups is 1. The number of aldehydes is 1. The highest BCUT2D eigenvalue weighted by atomic mass is 32.2. The van der Waals surface area contributed by atoms with E-state index >= 15 is 0 Å². The van der Waals surface area contributed by atoms with Crippen LogP contribution in [0.25, 0.3) is 0 Å². The fraction of sp³-hybridized carbons (Fsp3) is 0.0833. The molecular weight excluding hydrogens is 277 g/mol. The van der Waals surface area contributed by atoms with Crippen LogP contribution >= 0.6 is 11.8 Å². The van der Waals surface area contributed by atoms with Crippen LogP contribution in [-0.2, 0) is 6.18 Å². The molecule has 0 atom stereocenters. The van der Waals surface area contributed by atoms with Crippen molar-refractivity contribution in [1.29, 1.82) is 0 Å². The van der Waals surface area contributed by atoms with Crippen LogP contribution in [-0.4, -0.2) is 16.3 Å². The minimum atomic E-state index is -4.52. The molecule has 98 valence electrons. The standard InChI is InChI=1S/C12H7F3N2OS/c13-12(14,15)9-5-8(7-18)1-2-10(9)19-11-6-16-3-4-17-11/h1-7H. The van der Waals surface area contributed by atoms with Gasteiger partial charge in [-0.05, 0) is 12.1 Å². The molecule has 7 heteroatoms. The predicted octanol–water partition coefficient (Wildman–Crippen LogP) is 3.46. The normalized spacial score (nSPS) is 11.3. The first-order valence-corrected chi connectivity index (χ1v) is 5.92. The summed E-state index contributed by atoms with van der Waals surface area (Å²) in [5, 5.41) is 0.354. The molecule has 1 aromatic heterocycles. The molecule has 1 heterocycles. The Bertz CT molecular complexity index is 587. The van der Waals surface area contributed by atoms with Crippen molar-refractivity contribution in [2.75, 3.05) is 0 Å². The lowest BCUT2D eigenvalue weighted by Gasteiger charge is -2.12. The van der Waals surface area contributed by atoms with Gasteiger partial charge in [-0.25, -0.2) is 4.98 Å². The van der Waals surface area contributed by atoms with Crippen molar-refractivity contribution in [2.45, 2.75) is 16.1 Å². The van der Waals surface area contributed by atoms with E-state index in [-0.39, 0.29) is 10.5 Å². The van der Waals surface area contributed by atoms with E-state index in [2.05, 4.69) is 9.97 Å². The Hall–Kier alpha value is -1.89. The van der Waals surface area contributed by atoms with Crippen LogP contribution < -0.4 is 0 Å². The second-order valence-corrected chi connectivity index (χ2v) is 4.58. The number of carbonyl (C=O) groups excluding carboxylic acids is 1. The van der Waals surface area contributed by atoms with Crippen molar-refractivity contribution in [3.05, 3.63) is 47.9 Å². The molecule has 0 bridgehead atoms. The van der Waals surface area contributed by atoms with Crippen molar-refractivity contribution in [2.24, 2.45) is 0 Å². The van der Waals surface area contributed by atoms with Crippen molar-refractivity contribution in [1.82, 2.24) is 9.97 Å². The Morgan fingerprint density at radius 2 is 2.00 bits per heavy atom. The molecule has 0 spiro atoms. The lowest BCUT2D eigenvalue weighted by molar-refractivity contribution is -0.139. The van der Waals surface area contributed by atoms with Crippen LogP contribution in [0, 0.1) is 0 Å². The maximum absolute atomic E-state index is 12.9. The van der Waals surface area contributed by atoms with Gasteiger partial charge in [0.25, 0.3) is 0 Å². The van der Waals surface area contributed by atoms with E-state index in [0.717, 1.165) is 17.8 Å². The lowest BCUT2D eigenvalue weighted by atomic mass is 10.1. The van der Waals surface area contributed by atoms with Gasteiger partial charge in [0.2, 0.25) is 0 Å². The summed E-state index contributed by atoms with van der Waals surface area (Å²) in [7, 11) is 0. The number of nitrogens with zero attached hydrogens (tertiary/aromatic N) is 2. The number of hydrogen-bond donors (Lipinski definition) is 0. The van der Waals surface area contributed by atoms with Gasteiger partial charge >= 0.3 is 6.18 Å². The molecule has 19 heavy (non-hydrogen) atoms. The minimum absolute atomic E-state index is 0.0152. The summed E-state index contributed by atoms with van der Waals surface area (Å²) in [5.74, 6) is 0. The first-order chi connectivity index (χ1) is 9.00. The third-order valence-electron chi connectivity index (χ3n) is 2.20. The third kappa shape index (κ3) is 3.31. The van der Waals surface area contributed by atoms with E-state index in [0.29, 0.717) is 11.3 Å². The Kier molecular flexibility index (Phi) is 3.84. The Morgan fingerprint density at radius 3 is 2.58 bits per heavy atom. The first kappa shape index (κ1) is 13.5. The topological polar surface area (TPSA) is 42.9 Å². The average Bonchev–Trinajstić information content (AvgIpc) is 2.39. The quantitative estimate of drug-likeness (QED) is 0.809. The number of hydrogen-bond acceptors (Lipinski definition) is 4. The Morgan fingerprint density at radius 1 is 1.21 bits per heavy atom. The van der Waals surface area contributed by atoms with Gasteiger partial charge in [-0.15, -0.1) is 0 Å². The zero-order valence-corrected chi connectivity index (χ0v) is 10.2. The predicted molar refractivity (Wildman–Crippen MR) is 63.0 cm³/mol. The van der Waals surface area contributed by atoms with Gasteiger partial charge in [-0.2, -0.15) is 13.2 Å². The molecule has 2 rings (SSSR count). The maximum atomic E-state index is 12.9. The van der Waals surface area contributed by atoms with E-state index in [1.54, 1.807) is 0 Å². The summed E-state index contributed by atoms with van der Waals surface area (Å²) in [6.45, 7) is 0. The summed E-state index contributed by atoms with van der Waals surface area (Å²) in [6, 6.07) is 3.42. The monoisotopic (exact) mass is 284 g/mol. The Balaban J connectivity index is 2.42. The highest BCUT2D eigenvalue weighted by Crippen LogP contribution is 2.39. The number of alkyl halides is 3. The van der Waals surface area contributed by atoms with Gasteiger partial charge in [-0.1, -0.05) is 17.8 Å². The molecule has 0 saturated heterocycles. The van der Waals surface area contributed by atoms with Crippen LogP contribution in [0.2, 0.25) is 0 Å². The molecule has 0 fully saturated rings. The minimum Gasteiger partial charge on any atom is -0.298 e. The molecular formula is C12H7F3N2OS. The molecule has 0 N–H and O–H groups in total. The highest BCUT2D eigenvalue weighted by molar-refractivity contribution is 7.99. The summed E-state index contributed by atoms with van der Waals surface area (Å²) >= 11 is 0.851. The summed E-state index contributed by atoms with van der Waals surface area (Å²) in [4.78, 5) is 18.2. The SMILES string of the molecule is O=Cc1ccc(Sc2cnccn2)c(C(F)(F)F)c1. The average molecular weight is 284 g/mol. The third-order valence-corrected chi connectivity index (χ3v) is 3.19. The fourth-order valence-corrected chi connectivity index (χ4v) is 2.26. The summed E-state index contributed by atoms with van der Waals surface area (Å²) in [5.41, 5.74) is -0.872. The van der Waals surface area contributed by atoms with Gasteiger partial charge in [-0.3, -0.25) is 9.78 Å². The highest BCUT2D eigenvalue weighted by Gasteiger charge is 2.34. The van der Waals surface area contributed by atoms with Crippen molar-refractivity contribution >= 4 is 18.0 Å². The van der Waals surface area contributed by atoms with E-state index in [9.17, 15) is 18.0 Å². The van der Waals surface area contributed by atoms with Crippen LogP contribution in [0.15, 0.2) is 46.7 Å². The van der Waals surface area contributed by atoms with Crippen LogP contribution in [0.3, 0.4) is 0 Å². The molecule has 0 unspecified atom stereocenters. The second-order valence-electron chi connectivity index (χ2n) is 3.52. The molecule has 1 aromatic carbocycles. The lowest BCUT2D eigenvalue weighted by Crippen LogP contribution is -2.07. The van der Waals surface area contributed by atoms with Gasteiger partial charge < -0.3 is 0 Å². The largest absolute Gasteiger partial charge is 0.417 e. The zero-order valence-electron chi connectivity index (χ0n) is 9.39. The van der Waals surface area contributed by atoms with Crippen LogP contribution in [0.1, 0.15) is 15.9 Å². The number of halogens is 3. The van der Waals surface area contributed by atoms with Crippen LogP contribution in [0.5, 0.6) is 0 Å². The number of benzene rings is 1. The fourth-order valence-electron chi connectivity index (χ4n) is 1.38. The summed E-state index contributed by atoms with van der Waals surface area (Å²) < 4.78 is 38.7. The molecule has 0 aliphatic carbocycles. The second kappa shape index (κ2) is 5.40. The van der Waals surface area contributed by atoms with Crippen molar-refractivity contribution in [3.8, 4) is 0 Å². The van der Waals surface area contributed by atoms with E-state index in [1.165, 1.54) is 30.7 Å². The number of aromatic nitrogens is 2. The molecule has 3 nitrogen and oxygen atoms in total. The van der Waals surface area contributed by atoms with Gasteiger partial charge in [0.15, 0.2) is 0 Å². The summed E-state index contributed by atoms with van der Waals surface area (Å²) in [6.07, 6.45) is 0.0631. The van der Waals surface area contributed by atoms with Gasteiger partial charge in [0, 0.05) is 22.9 Å². The molecule has 2 aromatic rings. The van der Waals surface area contributed by atoms with E-state index in [1.807, 2.05) is 0 Å². The van der Waals surface area contributed by atoms with Crippen LogP contribution in [0.4, 0.5) is 13.2 Å². The molecule has 0 aliphatic rings. The van der Waals surface area contributed by atoms with Gasteiger partial charge in [0.1, 0.15) is 11.3 Å². The molecule has 0 radical (unpaired) electrons. The number of rotatable bonds is 3. The van der Waals surface area contributed by atoms with Gasteiger partial charge in [0.05, 0.1) is 11.8 Å². The van der Waals surface area contributed by atoms with E-state index < -0.39 is 11.7 Å². The Labute approximate surface area is 110 Å². The van der Waals surface area contributed by atoms with E-state index in [4.69, 9.17) is 0 Å². The molecule has 0 aliphatic heterocycles. The zero-order chi connectivity index (χ0) is 13.9. The van der Waals surface area contributed by atoms with Crippen molar-refractivity contribution in [3.63, 3.8) is 0 Å². The van der Waals surface area contributed by atoms with Crippen molar-refractivity contribution < 1.29 is 18.0 Å². The first-order valence-electron chi connectivity index (χ1n) is 5.11. The molecule has 0 amide bonds. The smallest absolute Gasteiger partial charge is 0.298 e.